The topological polar surface area (TPSA) is 75.3 Å². The van der Waals surface area contributed by atoms with Gasteiger partial charge in [-0.25, -0.2) is 17.5 Å². The van der Waals surface area contributed by atoms with Crippen LogP contribution in [0.15, 0.2) is 53.4 Å². The number of hydrogen-bond acceptors (Lipinski definition) is 3. The quantitative estimate of drug-likeness (QED) is 0.742. The van der Waals surface area contributed by atoms with Crippen LogP contribution in [0.25, 0.3) is 0 Å². The van der Waals surface area contributed by atoms with Crippen LogP contribution in [0.2, 0.25) is 0 Å². The van der Waals surface area contributed by atoms with Crippen LogP contribution in [-0.2, 0) is 16.4 Å². The van der Waals surface area contributed by atoms with E-state index in [2.05, 4.69) is 10.0 Å². The molecule has 0 radical (unpaired) electrons. The number of benzene rings is 2. The first-order valence-corrected chi connectivity index (χ1v) is 9.95. The standard InChI is InChI=1S/C19H23FN2O3S/c1-3-14(2)22-26(24,25)18-9-7-16(8-10-18)19(23)21-12-11-15-5-4-6-17(20)13-15/h4-10,13-14,22H,3,11-12H2,1-2H3,(H,21,23). The molecule has 2 aromatic rings. The molecule has 0 bridgehead atoms. The Morgan fingerprint density at radius 2 is 1.85 bits per heavy atom. The lowest BCUT2D eigenvalue weighted by Gasteiger charge is -2.12. The molecule has 0 aromatic heterocycles. The second-order valence-electron chi connectivity index (χ2n) is 6.09. The molecule has 1 atom stereocenters. The average Bonchev–Trinajstić information content (AvgIpc) is 2.61. The van der Waals surface area contributed by atoms with Crippen molar-refractivity contribution >= 4 is 15.9 Å². The summed E-state index contributed by atoms with van der Waals surface area (Å²) in [5, 5.41) is 2.74. The van der Waals surface area contributed by atoms with E-state index in [-0.39, 0.29) is 22.7 Å². The van der Waals surface area contributed by atoms with Crippen molar-refractivity contribution < 1.29 is 17.6 Å². The van der Waals surface area contributed by atoms with Crippen molar-refractivity contribution in [1.82, 2.24) is 10.0 Å². The molecule has 2 rings (SSSR count). The Hall–Kier alpha value is -2.25. The minimum absolute atomic E-state index is 0.120. The molecule has 0 spiro atoms. The molecule has 0 aliphatic rings. The van der Waals surface area contributed by atoms with Crippen LogP contribution in [0.3, 0.4) is 0 Å². The van der Waals surface area contributed by atoms with Crippen LogP contribution in [-0.4, -0.2) is 26.9 Å². The molecule has 5 nitrogen and oxygen atoms in total. The molecule has 7 heteroatoms. The minimum atomic E-state index is -3.59. The van der Waals surface area contributed by atoms with E-state index < -0.39 is 10.0 Å². The van der Waals surface area contributed by atoms with Gasteiger partial charge in [-0.05, 0) is 61.7 Å². The summed E-state index contributed by atoms with van der Waals surface area (Å²) in [6, 6.07) is 11.8. The predicted molar refractivity (Wildman–Crippen MR) is 99.0 cm³/mol. The summed E-state index contributed by atoms with van der Waals surface area (Å²) in [6.07, 6.45) is 1.19. The summed E-state index contributed by atoms with van der Waals surface area (Å²) >= 11 is 0. The Morgan fingerprint density at radius 1 is 1.15 bits per heavy atom. The van der Waals surface area contributed by atoms with Crippen LogP contribution in [0.1, 0.15) is 36.2 Å². The van der Waals surface area contributed by atoms with Gasteiger partial charge in [0.1, 0.15) is 5.82 Å². The summed E-state index contributed by atoms with van der Waals surface area (Å²) in [7, 11) is -3.59. The molecular formula is C19H23FN2O3S. The molecule has 1 amide bonds. The predicted octanol–water partition coefficient (Wildman–Crippen LogP) is 2.88. The SMILES string of the molecule is CCC(C)NS(=O)(=O)c1ccc(C(=O)NCCc2cccc(F)c2)cc1. The molecule has 2 N–H and O–H groups in total. The maximum Gasteiger partial charge on any atom is 0.251 e. The Bertz CT molecular complexity index is 851. The van der Waals surface area contributed by atoms with Crippen molar-refractivity contribution in [3.8, 4) is 0 Å². The van der Waals surface area contributed by atoms with E-state index in [1.165, 1.54) is 36.4 Å². The van der Waals surface area contributed by atoms with Gasteiger partial charge in [-0.15, -0.1) is 0 Å². The van der Waals surface area contributed by atoms with E-state index in [0.29, 0.717) is 24.9 Å². The first-order valence-electron chi connectivity index (χ1n) is 8.47. The fourth-order valence-corrected chi connectivity index (χ4v) is 3.64. The largest absolute Gasteiger partial charge is 0.352 e. The van der Waals surface area contributed by atoms with Gasteiger partial charge in [0.05, 0.1) is 4.90 Å². The van der Waals surface area contributed by atoms with Crippen molar-refractivity contribution in [2.45, 2.75) is 37.6 Å². The van der Waals surface area contributed by atoms with Gasteiger partial charge in [0, 0.05) is 18.2 Å². The molecule has 26 heavy (non-hydrogen) atoms. The molecule has 0 aliphatic heterocycles. The van der Waals surface area contributed by atoms with Crippen molar-refractivity contribution in [2.24, 2.45) is 0 Å². The lowest BCUT2D eigenvalue weighted by molar-refractivity contribution is 0.0954. The fourth-order valence-electron chi connectivity index (χ4n) is 2.32. The highest BCUT2D eigenvalue weighted by Crippen LogP contribution is 2.12. The van der Waals surface area contributed by atoms with Crippen molar-refractivity contribution in [3.05, 3.63) is 65.5 Å². The molecule has 1 unspecified atom stereocenters. The zero-order valence-electron chi connectivity index (χ0n) is 14.8. The van der Waals surface area contributed by atoms with E-state index in [1.54, 1.807) is 19.1 Å². The molecule has 2 aromatic carbocycles. The lowest BCUT2D eigenvalue weighted by atomic mass is 10.1. The van der Waals surface area contributed by atoms with Gasteiger partial charge >= 0.3 is 0 Å². The van der Waals surface area contributed by atoms with Crippen molar-refractivity contribution in [3.63, 3.8) is 0 Å². The van der Waals surface area contributed by atoms with Crippen LogP contribution >= 0.6 is 0 Å². The van der Waals surface area contributed by atoms with Gasteiger partial charge in [0.25, 0.3) is 5.91 Å². The minimum Gasteiger partial charge on any atom is -0.352 e. The van der Waals surface area contributed by atoms with Gasteiger partial charge in [0.15, 0.2) is 0 Å². The first-order chi connectivity index (χ1) is 12.3. The molecule has 0 fully saturated rings. The van der Waals surface area contributed by atoms with Gasteiger partial charge in [-0.2, -0.15) is 0 Å². The molecular weight excluding hydrogens is 355 g/mol. The second kappa shape index (κ2) is 8.91. The summed E-state index contributed by atoms with van der Waals surface area (Å²) < 4.78 is 40.1. The zero-order chi connectivity index (χ0) is 19.2. The fraction of sp³-hybridized carbons (Fsp3) is 0.316. The smallest absolute Gasteiger partial charge is 0.251 e. The van der Waals surface area contributed by atoms with Crippen molar-refractivity contribution in [2.75, 3.05) is 6.54 Å². The maximum atomic E-state index is 13.1. The number of rotatable bonds is 8. The number of amides is 1. The molecule has 0 saturated heterocycles. The van der Waals surface area contributed by atoms with E-state index in [1.807, 2.05) is 6.92 Å². The zero-order valence-corrected chi connectivity index (χ0v) is 15.6. The summed E-state index contributed by atoms with van der Waals surface area (Å²) in [5.74, 6) is -0.614. The number of nitrogens with one attached hydrogen (secondary N) is 2. The van der Waals surface area contributed by atoms with E-state index in [4.69, 9.17) is 0 Å². The number of carbonyl (C=O) groups is 1. The van der Waals surface area contributed by atoms with Crippen LogP contribution in [0.4, 0.5) is 4.39 Å². The van der Waals surface area contributed by atoms with Crippen molar-refractivity contribution in [1.29, 1.82) is 0 Å². The normalized spacial score (nSPS) is 12.6. The third-order valence-electron chi connectivity index (χ3n) is 3.98. The lowest BCUT2D eigenvalue weighted by Crippen LogP contribution is -2.32. The third-order valence-corrected chi connectivity index (χ3v) is 5.59. The highest BCUT2D eigenvalue weighted by molar-refractivity contribution is 7.89. The Kier molecular flexibility index (Phi) is 6.88. The maximum absolute atomic E-state index is 13.1. The third kappa shape index (κ3) is 5.64. The number of carbonyl (C=O) groups excluding carboxylic acids is 1. The van der Waals surface area contributed by atoms with Gasteiger partial charge in [-0.3, -0.25) is 4.79 Å². The van der Waals surface area contributed by atoms with Gasteiger partial charge < -0.3 is 5.32 Å². The summed E-state index contributed by atoms with van der Waals surface area (Å²) in [6.45, 7) is 4.04. The van der Waals surface area contributed by atoms with E-state index in [9.17, 15) is 17.6 Å². The summed E-state index contributed by atoms with van der Waals surface area (Å²) in [4.78, 5) is 12.3. The molecule has 140 valence electrons. The Balaban J connectivity index is 1.94. The van der Waals surface area contributed by atoms with Gasteiger partial charge in [0.2, 0.25) is 10.0 Å². The molecule has 0 aliphatic carbocycles. The number of sulfonamides is 1. The Morgan fingerprint density at radius 3 is 2.46 bits per heavy atom. The Labute approximate surface area is 153 Å². The highest BCUT2D eigenvalue weighted by atomic mass is 32.2. The van der Waals surface area contributed by atoms with Gasteiger partial charge in [-0.1, -0.05) is 19.1 Å². The van der Waals surface area contributed by atoms with Crippen LogP contribution in [0, 0.1) is 5.82 Å². The number of hydrogen-bond donors (Lipinski definition) is 2. The molecule has 0 heterocycles. The average molecular weight is 378 g/mol. The second-order valence-corrected chi connectivity index (χ2v) is 7.80. The first kappa shape index (κ1) is 20.1. The monoisotopic (exact) mass is 378 g/mol. The number of halogens is 1. The summed E-state index contributed by atoms with van der Waals surface area (Å²) in [5.41, 5.74) is 1.16. The van der Waals surface area contributed by atoms with Crippen LogP contribution < -0.4 is 10.0 Å². The van der Waals surface area contributed by atoms with Crippen LogP contribution in [0.5, 0.6) is 0 Å². The molecule has 0 saturated carbocycles. The van der Waals surface area contributed by atoms with E-state index in [0.717, 1.165) is 5.56 Å². The highest BCUT2D eigenvalue weighted by Gasteiger charge is 2.17. The van der Waals surface area contributed by atoms with E-state index >= 15 is 0 Å².